The molecule has 1 unspecified atom stereocenters. The maximum atomic E-state index is 12.9. The van der Waals surface area contributed by atoms with E-state index in [0.717, 1.165) is 32.4 Å². The van der Waals surface area contributed by atoms with E-state index in [1.807, 2.05) is 4.90 Å². The third-order valence-electron chi connectivity index (χ3n) is 4.77. The average Bonchev–Trinajstić information content (AvgIpc) is 3.10. The normalized spacial score (nSPS) is 22.0. The first-order chi connectivity index (χ1) is 11.3. The molecule has 5 heteroatoms. The molecule has 2 aliphatic rings. The molecule has 0 N–H and O–H groups in total. The van der Waals surface area contributed by atoms with Crippen LogP contribution < -0.4 is 4.74 Å². The third-order valence-corrected chi connectivity index (χ3v) is 4.77. The van der Waals surface area contributed by atoms with Gasteiger partial charge in [0, 0.05) is 36.8 Å². The maximum Gasteiger partial charge on any atom is 0.254 e. The Bertz CT molecular complexity index is 523. The summed E-state index contributed by atoms with van der Waals surface area (Å²) in [4.78, 5) is 19.1. The molecule has 0 spiro atoms. The second kappa shape index (κ2) is 7.77. The van der Waals surface area contributed by atoms with E-state index in [1.165, 1.54) is 19.3 Å². The first kappa shape index (κ1) is 16.2. The molecule has 3 rings (SSSR count). The zero-order chi connectivity index (χ0) is 16.1. The molecule has 1 aliphatic carbocycles. The van der Waals surface area contributed by atoms with Crippen molar-refractivity contribution in [2.45, 2.75) is 57.6 Å². The third kappa shape index (κ3) is 4.02. The Labute approximate surface area is 138 Å². The van der Waals surface area contributed by atoms with Crippen LogP contribution in [0.2, 0.25) is 0 Å². The molecule has 1 saturated heterocycles. The Morgan fingerprint density at radius 3 is 2.87 bits per heavy atom. The number of amides is 1. The van der Waals surface area contributed by atoms with Crippen molar-refractivity contribution in [2.75, 3.05) is 19.8 Å². The highest BCUT2D eigenvalue weighted by atomic mass is 16.5. The fraction of sp³-hybridized carbons (Fsp3) is 0.667. The van der Waals surface area contributed by atoms with Gasteiger partial charge in [-0.3, -0.25) is 4.79 Å². The number of hydrogen-bond acceptors (Lipinski definition) is 4. The Morgan fingerprint density at radius 1 is 1.35 bits per heavy atom. The molecule has 1 aliphatic heterocycles. The topological polar surface area (TPSA) is 51.7 Å². The lowest BCUT2D eigenvalue weighted by molar-refractivity contribution is 0.0646. The van der Waals surface area contributed by atoms with Crippen molar-refractivity contribution in [1.82, 2.24) is 9.88 Å². The molecule has 126 valence electrons. The molecule has 2 heterocycles. The highest BCUT2D eigenvalue weighted by molar-refractivity contribution is 5.94. The van der Waals surface area contributed by atoms with E-state index < -0.39 is 0 Å². The summed E-state index contributed by atoms with van der Waals surface area (Å²) in [5.41, 5.74) is 0.668. The van der Waals surface area contributed by atoms with Crippen LogP contribution in [0.5, 0.6) is 5.88 Å². The van der Waals surface area contributed by atoms with Crippen molar-refractivity contribution in [2.24, 2.45) is 0 Å². The lowest BCUT2D eigenvalue weighted by atomic mass is 9.94. The van der Waals surface area contributed by atoms with Crippen molar-refractivity contribution in [1.29, 1.82) is 0 Å². The number of carbonyl (C=O) groups excluding carboxylic acids is 1. The molecule has 23 heavy (non-hydrogen) atoms. The van der Waals surface area contributed by atoms with Crippen LogP contribution in [0, 0.1) is 0 Å². The van der Waals surface area contributed by atoms with E-state index in [9.17, 15) is 4.79 Å². The van der Waals surface area contributed by atoms with E-state index in [2.05, 4.69) is 11.9 Å². The second-order valence-corrected chi connectivity index (χ2v) is 6.37. The number of rotatable bonds is 5. The Balaban J connectivity index is 1.69. The fourth-order valence-corrected chi connectivity index (χ4v) is 3.51. The standard InChI is InChI=1S/C18H26N2O3/c1-2-20(15-6-4-3-5-7-15)18(21)14-8-10-19-17(12-14)23-16-9-11-22-13-16/h8,10,12,15-16H,2-7,9,11,13H2,1H3. The molecule has 1 amide bonds. The predicted octanol–water partition coefficient (Wildman–Crippen LogP) is 3.04. The van der Waals surface area contributed by atoms with Gasteiger partial charge in [-0.1, -0.05) is 19.3 Å². The molecular formula is C18H26N2O3. The summed E-state index contributed by atoms with van der Waals surface area (Å²) in [6.07, 6.45) is 8.56. The van der Waals surface area contributed by atoms with E-state index in [1.54, 1.807) is 18.3 Å². The number of pyridine rings is 1. The van der Waals surface area contributed by atoms with E-state index in [-0.39, 0.29) is 12.0 Å². The molecule has 0 bridgehead atoms. The van der Waals surface area contributed by atoms with E-state index in [0.29, 0.717) is 24.1 Å². The first-order valence-electron chi connectivity index (χ1n) is 8.79. The van der Waals surface area contributed by atoms with Crippen molar-refractivity contribution >= 4 is 5.91 Å². The lowest BCUT2D eigenvalue weighted by Crippen LogP contribution is -2.41. The highest BCUT2D eigenvalue weighted by Gasteiger charge is 2.25. The number of carbonyl (C=O) groups is 1. The van der Waals surface area contributed by atoms with Crippen LogP contribution in [0.25, 0.3) is 0 Å². The van der Waals surface area contributed by atoms with Crippen LogP contribution in [-0.2, 0) is 4.74 Å². The van der Waals surface area contributed by atoms with Crippen molar-refractivity contribution in [3.63, 3.8) is 0 Å². The minimum atomic E-state index is 0.0495. The Hall–Kier alpha value is -1.62. The number of aromatic nitrogens is 1. The molecule has 1 aromatic rings. The zero-order valence-electron chi connectivity index (χ0n) is 13.9. The van der Waals surface area contributed by atoms with Gasteiger partial charge in [0.25, 0.3) is 5.91 Å². The highest BCUT2D eigenvalue weighted by Crippen LogP contribution is 2.24. The maximum absolute atomic E-state index is 12.9. The summed E-state index contributed by atoms with van der Waals surface area (Å²) in [6, 6.07) is 3.93. The summed E-state index contributed by atoms with van der Waals surface area (Å²) >= 11 is 0. The van der Waals surface area contributed by atoms with Gasteiger partial charge >= 0.3 is 0 Å². The Morgan fingerprint density at radius 2 is 2.17 bits per heavy atom. The minimum Gasteiger partial charge on any atom is -0.472 e. The van der Waals surface area contributed by atoms with Gasteiger partial charge in [-0.25, -0.2) is 4.98 Å². The first-order valence-corrected chi connectivity index (χ1v) is 8.79. The summed E-state index contributed by atoms with van der Waals surface area (Å²) in [5, 5.41) is 0. The molecule has 0 radical (unpaired) electrons. The summed E-state index contributed by atoms with van der Waals surface area (Å²) in [6.45, 7) is 4.14. The van der Waals surface area contributed by atoms with Gasteiger partial charge < -0.3 is 14.4 Å². The summed E-state index contributed by atoms with van der Waals surface area (Å²) in [7, 11) is 0. The monoisotopic (exact) mass is 318 g/mol. The number of hydrogen-bond donors (Lipinski definition) is 0. The van der Waals surface area contributed by atoms with Gasteiger partial charge in [0.1, 0.15) is 6.10 Å². The SMILES string of the molecule is CCN(C(=O)c1ccnc(OC2CCOC2)c1)C1CCCCC1. The molecule has 5 nitrogen and oxygen atoms in total. The fourth-order valence-electron chi connectivity index (χ4n) is 3.51. The zero-order valence-corrected chi connectivity index (χ0v) is 13.9. The van der Waals surface area contributed by atoms with Crippen LogP contribution in [-0.4, -0.2) is 47.7 Å². The molecule has 1 aromatic heterocycles. The number of nitrogens with zero attached hydrogens (tertiary/aromatic N) is 2. The van der Waals surface area contributed by atoms with Crippen LogP contribution in [0.1, 0.15) is 55.8 Å². The van der Waals surface area contributed by atoms with Gasteiger partial charge in [-0.05, 0) is 25.8 Å². The molecule has 0 aromatic carbocycles. The van der Waals surface area contributed by atoms with E-state index in [4.69, 9.17) is 9.47 Å². The smallest absolute Gasteiger partial charge is 0.254 e. The lowest BCUT2D eigenvalue weighted by Gasteiger charge is -2.33. The predicted molar refractivity (Wildman–Crippen MR) is 87.7 cm³/mol. The largest absolute Gasteiger partial charge is 0.472 e. The minimum absolute atomic E-state index is 0.0495. The molecule has 2 fully saturated rings. The average molecular weight is 318 g/mol. The van der Waals surface area contributed by atoms with Crippen LogP contribution >= 0.6 is 0 Å². The van der Waals surface area contributed by atoms with Gasteiger partial charge in [-0.2, -0.15) is 0 Å². The van der Waals surface area contributed by atoms with Gasteiger partial charge in [-0.15, -0.1) is 0 Å². The van der Waals surface area contributed by atoms with Gasteiger partial charge in [0.05, 0.1) is 13.2 Å². The van der Waals surface area contributed by atoms with Crippen LogP contribution in [0.4, 0.5) is 0 Å². The summed E-state index contributed by atoms with van der Waals surface area (Å²) < 4.78 is 11.1. The van der Waals surface area contributed by atoms with Crippen molar-refractivity contribution in [3.8, 4) is 5.88 Å². The van der Waals surface area contributed by atoms with Crippen molar-refractivity contribution < 1.29 is 14.3 Å². The molecule has 1 saturated carbocycles. The van der Waals surface area contributed by atoms with E-state index >= 15 is 0 Å². The van der Waals surface area contributed by atoms with Crippen LogP contribution in [0.3, 0.4) is 0 Å². The molecule has 1 atom stereocenters. The van der Waals surface area contributed by atoms with Gasteiger partial charge in [0.2, 0.25) is 5.88 Å². The quantitative estimate of drug-likeness (QED) is 0.837. The number of ether oxygens (including phenoxy) is 2. The molecular weight excluding hydrogens is 292 g/mol. The van der Waals surface area contributed by atoms with Gasteiger partial charge in [0.15, 0.2) is 0 Å². The summed E-state index contributed by atoms with van der Waals surface area (Å²) in [5.74, 6) is 0.611. The van der Waals surface area contributed by atoms with Crippen molar-refractivity contribution in [3.05, 3.63) is 23.9 Å². The Kier molecular flexibility index (Phi) is 5.49. The van der Waals surface area contributed by atoms with Crippen LogP contribution in [0.15, 0.2) is 18.3 Å². The second-order valence-electron chi connectivity index (χ2n) is 6.37.